The van der Waals surface area contributed by atoms with Crippen molar-refractivity contribution in [2.24, 2.45) is 0 Å². The topological polar surface area (TPSA) is 102 Å². The molecule has 0 aliphatic carbocycles. The van der Waals surface area contributed by atoms with Gasteiger partial charge in [-0.3, -0.25) is 19.5 Å². The molecule has 1 atom stereocenters. The van der Waals surface area contributed by atoms with Crippen LogP contribution in [0.2, 0.25) is 0 Å². The summed E-state index contributed by atoms with van der Waals surface area (Å²) in [5.41, 5.74) is 2.10. The Bertz CT molecular complexity index is 1350. The highest BCUT2D eigenvalue weighted by Crippen LogP contribution is 2.30. The first-order chi connectivity index (χ1) is 17.8. The number of para-hydroxylation sites is 1. The average molecular weight is 501 g/mol. The van der Waals surface area contributed by atoms with Gasteiger partial charge in [-0.1, -0.05) is 30.3 Å². The average Bonchev–Trinajstić information content (AvgIpc) is 3.31. The number of hydrogen-bond donors (Lipinski definition) is 1. The Hall–Kier alpha value is -4.27. The van der Waals surface area contributed by atoms with Crippen molar-refractivity contribution in [2.45, 2.75) is 52.2 Å². The summed E-state index contributed by atoms with van der Waals surface area (Å²) in [6, 6.07) is 17.2. The van der Waals surface area contributed by atoms with Gasteiger partial charge in [-0.2, -0.15) is 0 Å². The number of anilines is 1. The normalized spacial score (nSPS) is 12.2. The number of nitrogens with zero attached hydrogens (tertiary/aromatic N) is 5. The monoisotopic (exact) mass is 500 g/mol. The zero-order chi connectivity index (χ0) is 26.4. The van der Waals surface area contributed by atoms with Crippen LogP contribution in [0.3, 0.4) is 0 Å². The Morgan fingerprint density at radius 1 is 1.05 bits per heavy atom. The van der Waals surface area contributed by atoms with Crippen molar-refractivity contribution in [3.8, 4) is 5.75 Å². The number of benzene rings is 2. The molecule has 1 N–H and O–H groups in total. The number of carbonyl (C=O) groups is 2. The SMILES string of the molecule is CCOc1ccc(N(C(=O)Cn2nnc3ccccc32)[C@H](C(=O)NC(C)(C)CC)c2cccnc2)cc1. The summed E-state index contributed by atoms with van der Waals surface area (Å²) in [7, 11) is 0. The Kier molecular flexibility index (Phi) is 7.81. The Morgan fingerprint density at radius 3 is 2.49 bits per heavy atom. The zero-order valence-corrected chi connectivity index (χ0v) is 21.6. The van der Waals surface area contributed by atoms with Crippen molar-refractivity contribution in [1.82, 2.24) is 25.3 Å². The molecule has 2 aromatic carbocycles. The fourth-order valence-corrected chi connectivity index (χ4v) is 3.99. The van der Waals surface area contributed by atoms with Gasteiger partial charge in [0.2, 0.25) is 11.8 Å². The van der Waals surface area contributed by atoms with Crippen LogP contribution in [0, 0.1) is 0 Å². The molecular weight excluding hydrogens is 468 g/mol. The first-order valence-electron chi connectivity index (χ1n) is 12.4. The van der Waals surface area contributed by atoms with Crippen molar-refractivity contribution in [3.05, 3.63) is 78.6 Å². The molecule has 0 unspecified atom stereocenters. The third-order valence-electron chi connectivity index (χ3n) is 6.25. The van der Waals surface area contributed by atoms with Crippen LogP contribution in [0.25, 0.3) is 11.0 Å². The molecule has 0 fully saturated rings. The Labute approximate surface area is 216 Å². The van der Waals surface area contributed by atoms with Crippen LogP contribution in [-0.2, 0) is 16.1 Å². The quantitative estimate of drug-likeness (QED) is 0.348. The number of amides is 2. The van der Waals surface area contributed by atoms with Gasteiger partial charge in [-0.15, -0.1) is 5.10 Å². The number of pyridine rings is 1. The maximum Gasteiger partial charge on any atom is 0.249 e. The molecule has 2 amide bonds. The van der Waals surface area contributed by atoms with Gasteiger partial charge in [0.05, 0.1) is 12.1 Å². The number of hydrogen-bond acceptors (Lipinski definition) is 6. The third-order valence-corrected chi connectivity index (χ3v) is 6.25. The van der Waals surface area contributed by atoms with E-state index in [1.54, 1.807) is 53.5 Å². The molecule has 0 aliphatic heterocycles. The van der Waals surface area contributed by atoms with Crippen LogP contribution in [0.1, 0.15) is 45.7 Å². The molecule has 2 aromatic heterocycles. The van der Waals surface area contributed by atoms with Gasteiger partial charge in [-0.05, 0) is 69.7 Å². The summed E-state index contributed by atoms with van der Waals surface area (Å²) in [6.07, 6.45) is 3.97. The van der Waals surface area contributed by atoms with Crippen LogP contribution in [-0.4, -0.2) is 43.9 Å². The predicted octanol–water partition coefficient (Wildman–Crippen LogP) is 4.30. The number of ether oxygens (including phenoxy) is 1. The highest BCUT2D eigenvalue weighted by molar-refractivity contribution is 6.01. The van der Waals surface area contributed by atoms with Gasteiger partial charge < -0.3 is 10.1 Å². The van der Waals surface area contributed by atoms with E-state index in [9.17, 15) is 9.59 Å². The molecule has 2 heterocycles. The lowest BCUT2D eigenvalue weighted by molar-refractivity contribution is -0.128. The maximum atomic E-state index is 14.0. The van der Waals surface area contributed by atoms with Crippen molar-refractivity contribution >= 4 is 28.5 Å². The first kappa shape index (κ1) is 25.8. The first-order valence-corrected chi connectivity index (χ1v) is 12.4. The molecule has 37 heavy (non-hydrogen) atoms. The van der Waals surface area contributed by atoms with E-state index in [-0.39, 0.29) is 18.4 Å². The van der Waals surface area contributed by atoms with Crippen LogP contribution in [0.5, 0.6) is 5.75 Å². The zero-order valence-electron chi connectivity index (χ0n) is 21.6. The van der Waals surface area contributed by atoms with Crippen LogP contribution in [0.4, 0.5) is 5.69 Å². The molecule has 0 bridgehead atoms. The molecule has 0 saturated heterocycles. The second-order valence-electron chi connectivity index (χ2n) is 9.34. The van der Waals surface area contributed by atoms with E-state index in [1.165, 1.54) is 4.90 Å². The van der Waals surface area contributed by atoms with Gasteiger partial charge >= 0.3 is 0 Å². The van der Waals surface area contributed by atoms with E-state index in [2.05, 4.69) is 20.6 Å². The lowest BCUT2D eigenvalue weighted by atomic mass is 9.99. The molecule has 0 aliphatic rings. The van der Waals surface area contributed by atoms with E-state index in [0.717, 1.165) is 11.9 Å². The number of fused-ring (bicyclic) bond motifs is 1. The summed E-state index contributed by atoms with van der Waals surface area (Å²) in [5.74, 6) is 0.0547. The van der Waals surface area contributed by atoms with Gasteiger partial charge in [0.1, 0.15) is 23.9 Å². The van der Waals surface area contributed by atoms with Gasteiger partial charge in [-0.25, -0.2) is 4.68 Å². The fourth-order valence-electron chi connectivity index (χ4n) is 3.99. The van der Waals surface area contributed by atoms with E-state index >= 15 is 0 Å². The minimum absolute atomic E-state index is 0.102. The van der Waals surface area contributed by atoms with E-state index in [0.29, 0.717) is 29.1 Å². The van der Waals surface area contributed by atoms with Crippen molar-refractivity contribution in [1.29, 1.82) is 0 Å². The molecular formula is C28H32N6O3. The predicted molar refractivity (Wildman–Crippen MR) is 142 cm³/mol. The van der Waals surface area contributed by atoms with Crippen molar-refractivity contribution in [3.63, 3.8) is 0 Å². The summed E-state index contributed by atoms with van der Waals surface area (Å²) >= 11 is 0. The van der Waals surface area contributed by atoms with Crippen LogP contribution < -0.4 is 15.0 Å². The van der Waals surface area contributed by atoms with E-state index in [4.69, 9.17) is 4.74 Å². The van der Waals surface area contributed by atoms with Crippen molar-refractivity contribution in [2.75, 3.05) is 11.5 Å². The van der Waals surface area contributed by atoms with Crippen LogP contribution in [0.15, 0.2) is 73.1 Å². The highest BCUT2D eigenvalue weighted by Gasteiger charge is 2.35. The van der Waals surface area contributed by atoms with Crippen LogP contribution >= 0.6 is 0 Å². The van der Waals surface area contributed by atoms with Gasteiger partial charge in [0, 0.05) is 29.2 Å². The smallest absolute Gasteiger partial charge is 0.249 e. The minimum Gasteiger partial charge on any atom is -0.494 e. The molecule has 4 rings (SSSR count). The Morgan fingerprint density at radius 2 is 1.81 bits per heavy atom. The molecule has 192 valence electrons. The molecule has 9 nitrogen and oxygen atoms in total. The minimum atomic E-state index is -0.959. The summed E-state index contributed by atoms with van der Waals surface area (Å²) in [4.78, 5) is 33.6. The summed E-state index contributed by atoms with van der Waals surface area (Å²) in [5, 5.41) is 11.5. The molecule has 9 heteroatoms. The fraction of sp³-hybridized carbons (Fsp3) is 0.321. The van der Waals surface area contributed by atoms with Gasteiger partial charge in [0.25, 0.3) is 0 Å². The second kappa shape index (κ2) is 11.2. The molecule has 4 aromatic rings. The largest absolute Gasteiger partial charge is 0.494 e. The third kappa shape index (κ3) is 5.94. The number of aromatic nitrogens is 4. The van der Waals surface area contributed by atoms with E-state index in [1.807, 2.05) is 52.0 Å². The summed E-state index contributed by atoms with van der Waals surface area (Å²) in [6.45, 7) is 8.24. The Balaban J connectivity index is 1.79. The number of carbonyl (C=O) groups excluding carboxylic acids is 2. The van der Waals surface area contributed by atoms with Gasteiger partial charge in [0.15, 0.2) is 0 Å². The standard InChI is InChI=1S/C28H32N6O3/c1-5-28(3,4)30-27(36)26(20-10-9-17-29-18-20)34(21-13-15-22(16-14-21)37-6-2)25(35)19-33-24-12-8-7-11-23(24)31-32-33/h7-18,26H,5-6,19H2,1-4H3,(H,30,36)/t26-/m0/s1. The molecule has 0 radical (unpaired) electrons. The van der Waals surface area contributed by atoms with E-state index < -0.39 is 11.6 Å². The number of rotatable bonds is 10. The molecule has 0 saturated carbocycles. The second-order valence-corrected chi connectivity index (χ2v) is 9.34. The van der Waals surface area contributed by atoms with Crippen molar-refractivity contribution < 1.29 is 14.3 Å². The lowest BCUT2D eigenvalue weighted by Crippen LogP contribution is -2.51. The maximum absolute atomic E-state index is 14.0. The lowest BCUT2D eigenvalue weighted by Gasteiger charge is -2.34. The number of nitrogens with one attached hydrogen (secondary N) is 1. The molecule has 0 spiro atoms. The highest BCUT2D eigenvalue weighted by atomic mass is 16.5. The summed E-state index contributed by atoms with van der Waals surface area (Å²) < 4.78 is 7.14.